The van der Waals surface area contributed by atoms with Crippen LogP contribution in [0.2, 0.25) is 0 Å². The Balaban J connectivity index is 2.51. The lowest BCUT2D eigenvalue weighted by molar-refractivity contribution is -0.136. The number of aromatic nitrogens is 3. The van der Waals surface area contributed by atoms with E-state index in [4.69, 9.17) is 5.11 Å². The Bertz CT molecular complexity index is 697. The highest BCUT2D eigenvalue weighted by Crippen LogP contribution is 2.18. The van der Waals surface area contributed by atoms with Gasteiger partial charge in [-0.1, -0.05) is 0 Å². The molecule has 7 heteroatoms. The highest BCUT2D eigenvalue weighted by molar-refractivity contribution is 9.10. The molecule has 0 aromatic carbocycles. The number of rotatable bonds is 3. The molecule has 2 aromatic rings. The van der Waals surface area contributed by atoms with E-state index in [9.17, 15) is 9.59 Å². The van der Waals surface area contributed by atoms with Crippen molar-refractivity contribution in [2.75, 3.05) is 0 Å². The molecule has 0 aliphatic carbocycles. The molecule has 0 fully saturated rings. The van der Waals surface area contributed by atoms with Crippen molar-refractivity contribution < 1.29 is 9.90 Å². The second-order valence-electron chi connectivity index (χ2n) is 3.94. The predicted octanol–water partition coefficient (Wildman–Crippen LogP) is 1.53. The molecule has 2 rings (SSSR count). The van der Waals surface area contributed by atoms with Crippen molar-refractivity contribution in [1.82, 2.24) is 15.0 Å². The number of aromatic amines is 1. The third-order valence-corrected chi connectivity index (χ3v) is 2.96. The number of aryl methyl sites for hydroxylation is 1. The normalized spacial score (nSPS) is 10.4. The van der Waals surface area contributed by atoms with Crippen molar-refractivity contribution >= 4 is 21.9 Å². The molecular formula is C12H10BrN3O3. The summed E-state index contributed by atoms with van der Waals surface area (Å²) in [4.78, 5) is 33.3. The van der Waals surface area contributed by atoms with Crippen LogP contribution in [-0.4, -0.2) is 26.0 Å². The minimum Gasteiger partial charge on any atom is -0.481 e. The standard InChI is InChI=1S/C12H10BrN3O3/c1-6-9(3-10(17)18)12(19)16-11(15-6)7-2-8(13)5-14-4-7/h2,4-5H,3H2,1H3,(H,17,18)(H,15,16,19). The maximum absolute atomic E-state index is 11.9. The molecule has 0 saturated heterocycles. The molecule has 0 aliphatic heterocycles. The second-order valence-corrected chi connectivity index (χ2v) is 4.86. The van der Waals surface area contributed by atoms with Crippen LogP contribution in [-0.2, 0) is 11.2 Å². The summed E-state index contributed by atoms with van der Waals surface area (Å²) in [5.41, 5.74) is 0.779. The zero-order valence-corrected chi connectivity index (χ0v) is 11.6. The fourth-order valence-corrected chi connectivity index (χ4v) is 2.01. The van der Waals surface area contributed by atoms with Gasteiger partial charge in [0.25, 0.3) is 5.56 Å². The van der Waals surface area contributed by atoms with E-state index in [-0.39, 0.29) is 12.0 Å². The summed E-state index contributed by atoms with van der Waals surface area (Å²) in [5.74, 6) is -0.697. The molecule has 2 N–H and O–H groups in total. The molecule has 0 bridgehead atoms. The van der Waals surface area contributed by atoms with E-state index in [0.717, 1.165) is 4.47 Å². The van der Waals surface area contributed by atoms with Gasteiger partial charge in [0.15, 0.2) is 0 Å². The summed E-state index contributed by atoms with van der Waals surface area (Å²) in [6, 6.07) is 1.77. The van der Waals surface area contributed by atoms with Gasteiger partial charge in [-0.2, -0.15) is 0 Å². The Labute approximate surface area is 116 Å². The highest BCUT2D eigenvalue weighted by atomic mass is 79.9. The molecule has 0 saturated carbocycles. The fraction of sp³-hybridized carbons (Fsp3) is 0.167. The van der Waals surface area contributed by atoms with Crippen LogP contribution in [0.3, 0.4) is 0 Å². The molecule has 0 aliphatic rings. The van der Waals surface area contributed by atoms with E-state index >= 15 is 0 Å². The first-order valence-electron chi connectivity index (χ1n) is 5.40. The number of hydrogen-bond acceptors (Lipinski definition) is 4. The van der Waals surface area contributed by atoms with Crippen LogP contribution in [0.5, 0.6) is 0 Å². The number of carboxylic acid groups (broad SMARTS) is 1. The maximum Gasteiger partial charge on any atom is 0.308 e. The van der Waals surface area contributed by atoms with E-state index < -0.39 is 11.5 Å². The monoisotopic (exact) mass is 323 g/mol. The van der Waals surface area contributed by atoms with Crippen molar-refractivity contribution in [2.24, 2.45) is 0 Å². The van der Waals surface area contributed by atoms with Gasteiger partial charge in [-0.05, 0) is 28.9 Å². The highest BCUT2D eigenvalue weighted by Gasteiger charge is 2.12. The van der Waals surface area contributed by atoms with E-state index in [0.29, 0.717) is 17.1 Å². The number of aliphatic carboxylic acids is 1. The van der Waals surface area contributed by atoms with Crippen LogP contribution < -0.4 is 5.56 Å². The molecule has 2 heterocycles. The lowest BCUT2D eigenvalue weighted by atomic mass is 10.1. The zero-order chi connectivity index (χ0) is 14.0. The summed E-state index contributed by atoms with van der Waals surface area (Å²) < 4.78 is 0.764. The van der Waals surface area contributed by atoms with Crippen LogP contribution in [0.4, 0.5) is 0 Å². The molecule has 6 nitrogen and oxygen atoms in total. The number of hydrogen-bond donors (Lipinski definition) is 2. The average Bonchev–Trinajstić information content (AvgIpc) is 2.33. The minimum atomic E-state index is -1.06. The first-order valence-corrected chi connectivity index (χ1v) is 6.19. The molecule has 0 unspecified atom stereocenters. The van der Waals surface area contributed by atoms with Crippen LogP contribution >= 0.6 is 15.9 Å². The largest absolute Gasteiger partial charge is 0.481 e. The Morgan fingerprint density at radius 2 is 2.21 bits per heavy atom. The summed E-state index contributed by atoms with van der Waals surface area (Å²) in [6.45, 7) is 1.61. The van der Waals surface area contributed by atoms with E-state index in [1.807, 2.05) is 0 Å². The number of pyridine rings is 1. The van der Waals surface area contributed by atoms with Gasteiger partial charge >= 0.3 is 5.97 Å². The van der Waals surface area contributed by atoms with Gasteiger partial charge in [0.05, 0.1) is 6.42 Å². The molecule has 0 spiro atoms. The summed E-state index contributed by atoms with van der Waals surface area (Å²) in [6.07, 6.45) is 2.85. The van der Waals surface area contributed by atoms with Gasteiger partial charge in [-0.15, -0.1) is 0 Å². The smallest absolute Gasteiger partial charge is 0.308 e. The van der Waals surface area contributed by atoms with Crippen molar-refractivity contribution in [2.45, 2.75) is 13.3 Å². The number of carbonyl (C=O) groups is 1. The summed E-state index contributed by atoms with van der Waals surface area (Å²) in [7, 11) is 0. The zero-order valence-electron chi connectivity index (χ0n) is 9.98. The van der Waals surface area contributed by atoms with Crippen molar-refractivity contribution in [3.8, 4) is 11.4 Å². The lowest BCUT2D eigenvalue weighted by Gasteiger charge is -2.05. The minimum absolute atomic E-state index is 0.166. The van der Waals surface area contributed by atoms with Crippen LogP contribution in [0, 0.1) is 6.92 Å². The Morgan fingerprint density at radius 1 is 1.47 bits per heavy atom. The summed E-state index contributed by atoms with van der Waals surface area (Å²) in [5, 5.41) is 8.74. The van der Waals surface area contributed by atoms with Crippen LogP contribution in [0.15, 0.2) is 27.7 Å². The van der Waals surface area contributed by atoms with E-state index in [1.54, 1.807) is 25.4 Å². The van der Waals surface area contributed by atoms with Gasteiger partial charge in [-0.25, -0.2) is 4.98 Å². The second kappa shape index (κ2) is 5.31. The Kier molecular flexibility index (Phi) is 3.75. The lowest BCUT2D eigenvalue weighted by Crippen LogP contribution is -2.20. The van der Waals surface area contributed by atoms with Gasteiger partial charge in [-0.3, -0.25) is 14.6 Å². The average molecular weight is 324 g/mol. The number of nitrogens with zero attached hydrogens (tertiary/aromatic N) is 2. The predicted molar refractivity (Wildman–Crippen MR) is 71.9 cm³/mol. The maximum atomic E-state index is 11.9. The van der Waals surface area contributed by atoms with E-state index in [2.05, 4.69) is 30.9 Å². The summed E-state index contributed by atoms with van der Waals surface area (Å²) >= 11 is 3.28. The number of carboxylic acids is 1. The van der Waals surface area contributed by atoms with Crippen molar-refractivity contribution in [3.63, 3.8) is 0 Å². The molecule has 2 aromatic heterocycles. The molecule has 0 radical (unpaired) electrons. The van der Waals surface area contributed by atoms with Crippen molar-refractivity contribution in [1.29, 1.82) is 0 Å². The third-order valence-electron chi connectivity index (χ3n) is 2.53. The third kappa shape index (κ3) is 3.05. The number of halogens is 1. The van der Waals surface area contributed by atoms with E-state index in [1.165, 1.54) is 0 Å². The number of H-pyrrole nitrogens is 1. The molecule has 0 atom stereocenters. The molecular weight excluding hydrogens is 314 g/mol. The molecule has 19 heavy (non-hydrogen) atoms. The first kappa shape index (κ1) is 13.4. The first-order chi connectivity index (χ1) is 8.97. The van der Waals surface area contributed by atoms with Gasteiger partial charge in [0.2, 0.25) is 0 Å². The number of nitrogens with one attached hydrogen (secondary N) is 1. The fourth-order valence-electron chi connectivity index (χ4n) is 1.65. The topological polar surface area (TPSA) is 95.9 Å². The Hall–Kier alpha value is -2.02. The van der Waals surface area contributed by atoms with Gasteiger partial charge in [0.1, 0.15) is 5.82 Å². The van der Waals surface area contributed by atoms with Crippen LogP contribution in [0.1, 0.15) is 11.3 Å². The molecule has 0 amide bonds. The van der Waals surface area contributed by atoms with Gasteiger partial charge < -0.3 is 10.1 Å². The van der Waals surface area contributed by atoms with Crippen molar-refractivity contribution in [3.05, 3.63) is 44.5 Å². The SMILES string of the molecule is Cc1nc(-c2cncc(Br)c2)[nH]c(=O)c1CC(=O)O. The van der Waals surface area contributed by atoms with Gasteiger partial charge in [0, 0.05) is 33.7 Å². The Morgan fingerprint density at radius 3 is 2.79 bits per heavy atom. The quantitative estimate of drug-likeness (QED) is 0.893. The molecule has 98 valence electrons. The van der Waals surface area contributed by atoms with Crippen LogP contribution in [0.25, 0.3) is 11.4 Å².